The van der Waals surface area contributed by atoms with Gasteiger partial charge >= 0.3 is 0 Å². The monoisotopic (exact) mass is 552 g/mol. The molecule has 0 aromatic heterocycles. The molecule has 1 unspecified atom stereocenters. The first kappa shape index (κ1) is 26.1. The van der Waals surface area contributed by atoms with Gasteiger partial charge in [0.25, 0.3) is 11.8 Å². The predicted molar refractivity (Wildman–Crippen MR) is 156 cm³/mol. The molecule has 7 nitrogen and oxygen atoms in total. The van der Waals surface area contributed by atoms with E-state index in [0.717, 1.165) is 18.6 Å². The summed E-state index contributed by atoms with van der Waals surface area (Å²) in [5.41, 5.74) is 2.52. The minimum absolute atomic E-state index is 0.102. The highest BCUT2D eigenvalue weighted by Crippen LogP contribution is 2.31. The van der Waals surface area contributed by atoms with Crippen LogP contribution in [0.5, 0.6) is 11.5 Å². The molecule has 2 heterocycles. The molecule has 6 rings (SSSR count). The third kappa shape index (κ3) is 5.59. The van der Waals surface area contributed by atoms with Crippen molar-refractivity contribution in [1.29, 1.82) is 0 Å². The zero-order valence-electron chi connectivity index (χ0n) is 21.8. The number of nitrogens with zero attached hydrogens (tertiary/aromatic N) is 1. The van der Waals surface area contributed by atoms with Gasteiger partial charge in [-0.25, -0.2) is 0 Å². The Bertz CT molecular complexity index is 1590. The van der Waals surface area contributed by atoms with Crippen LogP contribution in [0, 0.1) is 0 Å². The first-order valence-corrected chi connectivity index (χ1v) is 14.4. The average molecular weight is 553 g/mol. The molecule has 2 aliphatic rings. The number of imide groups is 1. The fourth-order valence-electron chi connectivity index (χ4n) is 5.13. The van der Waals surface area contributed by atoms with Crippen LogP contribution in [-0.2, 0) is 15.3 Å². The summed E-state index contributed by atoms with van der Waals surface area (Å²) in [5, 5.41) is 5.33. The number of hydrogen-bond donors (Lipinski definition) is 1. The molecule has 1 saturated heterocycles. The molecule has 0 radical (unpaired) electrons. The van der Waals surface area contributed by atoms with E-state index in [2.05, 4.69) is 29.6 Å². The summed E-state index contributed by atoms with van der Waals surface area (Å²) >= 11 is 1.56. The summed E-state index contributed by atoms with van der Waals surface area (Å²) in [6.07, 6.45) is 1.68. The van der Waals surface area contributed by atoms with E-state index in [1.807, 2.05) is 18.2 Å². The standard InChI is InChI=1S/C32H28N2O5S/c35-30(20-40-19-22-8-3-7-21-6-1-2-12-27(21)22)33-23-9-4-10-24(16-23)39-25-13-14-28-29(17-25)32(37)34(31(28)36)18-26-11-5-15-38-26/h1-4,6-10,12-14,16-17,26H,5,11,15,18-20H2,(H,33,35). The van der Waals surface area contributed by atoms with Gasteiger partial charge in [-0.1, -0.05) is 48.5 Å². The molecule has 40 heavy (non-hydrogen) atoms. The lowest BCUT2D eigenvalue weighted by Gasteiger charge is -2.17. The van der Waals surface area contributed by atoms with E-state index in [1.165, 1.54) is 21.2 Å². The zero-order chi connectivity index (χ0) is 27.5. The fraction of sp³-hybridized carbons (Fsp3) is 0.219. The van der Waals surface area contributed by atoms with Gasteiger partial charge in [0.15, 0.2) is 0 Å². The van der Waals surface area contributed by atoms with Crippen LogP contribution in [0.25, 0.3) is 10.8 Å². The van der Waals surface area contributed by atoms with Gasteiger partial charge in [-0.3, -0.25) is 19.3 Å². The second kappa shape index (κ2) is 11.5. The Balaban J connectivity index is 1.06. The van der Waals surface area contributed by atoms with Crippen molar-refractivity contribution in [2.75, 3.05) is 24.2 Å². The molecule has 0 aliphatic carbocycles. The van der Waals surface area contributed by atoms with E-state index < -0.39 is 0 Å². The first-order chi connectivity index (χ1) is 19.5. The topological polar surface area (TPSA) is 84.9 Å². The molecule has 2 aliphatic heterocycles. The van der Waals surface area contributed by atoms with Crippen LogP contribution < -0.4 is 10.1 Å². The van der Waals surface area contributed by atoms with Crippen molar-refractivity contribution >= 4 is 45.9 Å². The number of nitrogens with one attached hydrogen (secondary N) is 1. The van der Waals surface area contributed by atoms with Crippen LogP contribution in [0.4, 0.5) is 5.69 Å². The Hall–Kier alpha value is -4.14. The molecule has 1 N–H and O–H groups in total. The van der Waals surface area contributed by atoms with E-state index in [4.69, 9.17) is 9.47 Å². The maximum absolute atomic E-state index is 13.0. The second-order valence-corrected chi connectivity index (χ2v) is 10.9. The summed E-state index contributed by atoms with van der Waals surface area (Å²) in [4.78, 5) is 39.6. The van der Waals surface area contributed by atoms with Crippen molar-refractivity contribution in [3.8, 4) is 11.5 Å². The van der Waals surface area contributed by atoms with Gasteiger partial charge in [0.1, 0.15) is 11.5 Å². The van der Waals surface area contributed by atoms with Gasteiger partial charge in [-0.2, -0.15) is 0 Å². The smallest absolute Gasteiger partial charge is 0.261 e. The number of thioether (sulfide) groups is 1. The van der Waals surface area contributed by atoms with E-state index >= 15 is 0 Å². The first-order valence-electron chi connectivity index (χ1n) is 13.3. The number of hydrogen-bond acceptors (Lipinski definition) is 6. The van der Waals surface area contributed by atoms with Crippen molar-refractivity contribution in [1.82, 2.24) is 4.90 Å². The van der Waals surface area contributed by atoms with Gasteiger partial charge in [0.05, 0.1) is 29.5 Å². The van der Waals surface area contributed by atoms with Crippen molar-refractivity contribution in [3.05, 3.63) is 102 Å². The summed E-state index contributed by atoms with van der Waals surface area (Å²) < 4.78 is 11.6. The maximum atomic E-state index is 13.0. The van der Waals surface area contributed by atoms with E-state index in [-0.39, 0.29) is 30.4 Å². The van der Waals surface area contributed by atoms with Crippen LogP contribution in [-0.4, -0.2) is 47.6 Å². The Labute approximate surface area is 236 Å². The molecular formula is C32H28N2O5S. The summed E-state index contributed by atoms with van der Waals surface area (Å²) in [6, 6.07) is 26.5. The van der Waals surface area contributed by atoms with Crippen molar-refractivity contribution in [2.24, 2.45) is 0 Å². The summed E-state index contributed by atoms with van der Waals surface area (Å²) in [6.45, 7) is 0.930. The van der Waals surface area contributed by atoms with E-state index in [1.54, 1.807) is 54.2 Å². The highest BCUT2D eigenvalue weighted by atomic mass is 32.2. The number of carbonyl (C=O) groups is 3. The van der Waals surface area contributed by atoms with Gasteiger partial charge in [0, 0.05) is 24.1 Å². The number of anilines is 1. The van der Waals surface area contributed by atoms with Crippen molar-refractivity contribution in [3.63, 3.8) is 0 Å². The predicted octanol–water partition coefficient (Wildman–Crippen LogP) is 6.28. The number of rotatable bonds is 9. The quantitative estimate of drug-likeness (QED) is 0.246. The molecule has 4 aromatic carbocycles. The molecular weight excluding hydrogens is 524 g/mol. The molecule has 8 heteroatoms. The summed E-state index contributed by atoms with van der Waals surface area (Å²) in [7, 11) is 0. The van der Waals surface area contributed by atoms with Gasteiger partial charge in [-0.05, 0) is 59.5 Å². The second-order valence-electron chi connectivity index (χ2n) is 9.87. The Morgan fingerprint density at radius 2 is 1.73 bits per heavy atom. The number of ether oxygens (including phenoxy) is 2. The number of carbonyl (C=O) groups excluding carboxylic acids is 3. The van der Waals surface area contributed by atoms with Crippen LogP contribution in [0.2, 0.25) is 0 Å². The molecule has 4 aromatic rings. The number of fused-ring (bicyclic) bond motifs is 2. The lowest BCUT2D eigenvalue weighted by Crippen LogP contribution is -2.36. The minimum Gasteiger partial charge on any atom is -0.457 e. The van der Waals surface area contributed by atoms with E-state index in [0.29, 0.717) is 40.7 Å². The van der Waals surface area contributed by atoms with Crippen LogP contribution in [0.1, 0.15) is 39.1 Å². The molecule has 202 valence electrons. The van der Waals surface area contributed by atoms with Crippen molar-refractivity contribution in [2.45, 2.75) is 24.7 Å². The van der Waals surface area contributed by atoms with Gasteiger partial charge < -0.3 is 14.8 Å². The highest BCUT2D eigenvalue weighted by molar-refractivity contribution is 7.99. The minimum atomic E-state index is -0.331. The average Bonchev–Trinajstić information content (AvgIpc) is 3.56. The number of amides is 3. The Kier molecular flexibility index (Phi) is 7.53. The summed E-state index contributed by atoms with van der Waals surface area (Å²) in [5.74, 6) is 1.27. The van der Waals surface area contributed by atoms with Gasteiger partial charge in [0.2, 0.25) is 5.91 Å². The van der Waals surface area contributed by atoms with Crippen LogP contribution >= 0.6 is 11.8 Å². The molecule has 0 saturated carbocycles. The number of benzene rings is 4. The normalized spacial score (nSPS) is 16.4. The Morgan fingerprint density at radius 3 is 2.60 bits per heavy atom. The van der Waals surface area contributed by atoms with Crippen LogP contribution in [0.3, 0.4) is 0 Å². The molecule has 3 amide bonds. The molecule has 0 bridgehead atoms. The van der Waals surface area contributed by atoms with E-state index in [9.17, 15) is 14.4 Å². The Morgan fingerprint density at radius 1 is 0.925 bits per heavy atom. The lowest BCUT2D eigenvalue weighted by molar-refractivity contribution is -0.113. The van der Waals surface area contributed by atoms with Crippen LogP contribution in [0.15, 0.2) is 84.9 Å². The maximum Gasteiger partial charge on any atom is 0.261 e. The zero-order valence-corrected chi connectivity index (χ0v) is 22.6. The largest absolute Gasteiger partial charge is 0.457 e. The van der Waals surface area contributed by atoms with Crippen molar-refractivity contribution < 1.29 is 23.9 Å². The SMILES string of the molecule is O=C(CSCc1cccc2ccccc12)Nc1cccc(Oc2ccc3c(c2)C(=O)N(CC2CCCO2)C3=O)c1. The fourth-order valence-corrected chi connectivity index (χ4v) is 5.96. The third-order valence-corrected chi connectivity index (χ3v) is 8.06. The molecule has 1 atom stereocenters. The van der Waals surface area contributed by atoms with Gasteiger partial charge in [-0.15, -0.1) is 11.8 Å². The molecule has 0 spiro atoms. The molecule has 1 fully saturated rings. The lowest BCUT2D eigenvalue weighted by atomic mass is 10.1. The highest BCUT2D eigenvalue weighted by Gasteiger charge is 2.37. The third-order valence-electron chi connectivity index (χ3n) is 7.08.